The van der Waals surface area contributed by atoms with Crippen LogP contribution in [0.2, 0.25) is 0 Å². The van der Waals surface area contributed by atoms with Crippen molar-refractivity contribution >= 4 is 21.4 Å². The molecule has 0 fully saturated rings. The summed E-state index contributed by atoms with van der Waals surface area (Å²) >= 11 is 0. The number of nitrogens with zero attached hydrogens (tertiary/aromatic N) is 1. The van der Waals surface area contributed by atoms with Gasteiger partial charge in [-0.3, -0.25) is 9.52 Å². The van der Waals surface area contributed by atoms with E-state index in [0.717, 1.165) is 17.5 Å². The molecule has 1 aromatic heterocycles. The number of anilines is 2. The number of hydrogen-bond acceptors (Lipinski definition) is 5. The predicted molar refractivity (Wildman–Crippen MR) is 120 cm³/mol. The highest BCUT2D eigenvalue weighted by Gasteiger charge is 2.16. The highest BCUT2D eigenvalue weighted by Crippen LogP contribution is 2.37. The largest absolute Gasteiger partial charge is 0.454 e. The second-order valence-electron chi connectivity index (χ2n) is 6.81. The quantitative estimate of drug-likeness (QED) is 0.543. The molecule has 3 rings (SSSR count). The maximum atomic E-state index is 14.2. The van der Waals surface area contributed by atoms with Gasteiger partial charge >= 0.3 is 0 Å². The molecule has 0 saturated carbocycles. The minimum Gasteiger partial charge on any atom is -0.454 e. The van der Waals surface area contributed by atoms with Gasteiger partial charge < -0.3 is 14.6 Å². The zero-order valence-corrected chi connectivity index (χ0v) is 18.3. The van der Waals surface area contributed by atoms with E-state index in [1.54, 1.807) is 27.1 Å². The molecule has 2 N–H and O–H groups in total. The number of allylic oxidation sites excluding steroid dienone is 1. The lowest BCUT2D eigenvalue weighted by molar-refractivity contribution is 0.439. The first-order chi connectivity index (χ1) is 15.1. The lowest BCUT2D eigenvalue weighted by Crippen LogP contribution is -2.19. The van der Waals surface area contributed by atoms with Gasteiger partial charge in [0.2, 0.25) is 0 Å². The number of aryl methyl sites for hydroxylation is 1. The van der Waals surface area contributed by atoms with Crippen molar-refractivity contribution in [3.8, 4) is 22.6 Å². The average Bonchev–Trinajstić information content (AvgIpc) is 2.72. The number of hydrogen-bond donors (Lipinski definition) is 2. The minimum absolute atomic E-state index is 0.171. The second kappa shape index (κ2) is 9.23. The Morgan fingerprint density at radius 3 is 2.44 bits per heavy atom. The summed E-state index contributed by atoms with van der Waals surface area (Å²) in [5, 5.41) is 3.81. The summed E-state index contributed by atoms with van der Waals surface area (Å²) < 4.78 is 61.1. The van der Waals surface area contributed by atoms with E-state index < -0.39 is 21.7 Å². The molecule has 168 valence electrons. The smallest absolute Gasteiger partial charge is 0.273 e. The second-order valence-corrected chi connectivity index (χ2v) is 8.38. The molecule has 0 aliphatic rings. The Bertz CT molecular complexity index is 1350. The molecule has 10 heteroatoms. The van der Waals surface area contributed by atoms with Crippen molar-refractivity contribution in [1.29, 1.82) is 0 Å². The Morgan fingerprint density at radius 2 is 1.78 bits per heavy atom. The Hall–Kier alpha value is -3.66. The molecule has 0 bridgehead atoms. The third-order valence-electron chi connectivity index (χ3n) is 4.43. The van der Waals surface area contributed by atoms with Gasteiger partial charge in [-0.15, -0.1) is 0 Å². The van der Waals surface area contributed by atoms with Gasteiger partial charge in [-0.25, -0.2) is 17.2 Å². The van der Waals surface area contributed by atoms with Crippen LogP contribution in [0.4, 0.5) is 20.2 Å². The molecular formula is C22H21F2N3O4S. The normalized spacial score (nSPS) is 11.5. The fraction of sp³-hybridized carbons (Fsp3) is 0.136. The molecular weight excluding hydrogens is 440 g/mol. The third kappa shape index (κ3) is 5.14. The number of sulfonamides is 1. The maximum absolute atomic E-state index is 14.2. The fourth-order valence-electron chi connectivity index (χ4n) is 3.00. The summed E-state index contributed by atoms with van der Waals surface area (Å²) in [4.78, 5) is 12.2. The molecule has 3 aromatic rings. The number of rotatable bonds is 7. The Balaban J connectivity index is 2.17. The van der Waals surface area contributed by atoms with Gasteiger partial charge in [0.25, 0.3) is 15.6 Å². The SMILES string of the molecule is C/C=C/S(=O)(=O)Nc1ccc(Oc2ccc(F)cc2F)c(-c2cc(NC)c(=O)n(C)c2)c1. The highest BCUT2D eigenvalue weighted by atomic mass is 32.2. The number of pyridine rings is 1. The van der Waals surface area contributed by atoms with Crippen LogP contribution in [0.25, 0.3) is 11.1 Å². The van der Waals surface area contributed by atoms with E-state index in [4.69, 9.17) is 4.74 Å². The van der Waals surface area contributed by atoms with Gasteiger partial charge in [0.05, 0.1) is 0 Å². The summed E-state index contributed by atoms with van der Waals surface area (Å²) in [5.41, 5.74) is 1.13. The van der Waals surface area contributed by atoms with Gasteiger partial charge in [0.15, 0.2) is 11.6 Å². The highest BCUT2D eigenvalue weighted by molar-refractivity contribution is 7.95. The molecule has 1 heterocycles. The van der Waals surface area contributed by atoms with Crippen LogP contribution < -0.4 is 20.3 Å². The van der Waals surface area contributed by atoms with Gasteiger partial charge in [0.1, 0.15) is 17.3 Å². The minimum atomic E-state index is -3.74. The van der Waals surface area contributed by atoms with Crippen molar-refractivity contribution in [2.24, 2.45) is 7.05 Å². The van der Waals surface area contributed by atoms with Crippen LogP contribution >= 0.6 is 0 Å². The Kier molecular flexibility index (Phi) is 6.64. The fourth-order valence-corrected chi connectivity index (χ4v) is 3.88. The molecule has 0 aliphatic heterocycles. The van der Waals surface area contributed by atoms with Crippen molar-refractivity contribution in [3.05, 3.63) is 82.1 Å². The zero-order chi connectivity index (χ0) is 23.5. The van der Waals surface area contributed by atoms with Crippen LogP contribution in [0, 0.1) is 11.6 Å². The molecule has 0 radical (unpaired) electrons. The van der Waals surface area contributed by atoms with Crippen LogP contribution in [0.1, 0.15) is 6.92 Å². The molecule has 0 saturated heterocycles. The molecule has 7 nitrogen and oxygen atoms in total. The van der Waals surface area contributed by atoms with Crippen LogP contribution in [0.15, 0.2) is 64.9 Å². The standard InChI is InChI=1S/C22H21F2N3O4S/c1-4-9-32(29,30)26-16-6-8-20(31-21-7-5-15(23)11-18(21)24)17(12-16)14-10-19(25-2)22(28)27(3)13-14/h4-13,25-26H,1-3H3/b9-4+. The molecule has 32 heavy (non-hydrogen) atoms. The van der Waals surface area contributed by atoms with Crippen molar-refractivity contribution < 1.29 is 21.9 Å². The molecule has 0 spiro atoms. The van der Waals surface area contributed by atoms with Crippen LogP contribution in [0.3, 0.4) is 0 Å². The molecule has 0 atom stereocenters. The number of nitrogens with one attached hydrogen (secondary N) is 2. The average molecular weight is 461 g/mol. The van der Waals surface area contributed by atoms with Gasteiger partial charge in [0, 0.05) is 48.6 Å². The van der Waals surface area contributed by atoms with Crippen LogP contribution in [-0.2, 0) is 17.1 Å². The third-order valence-corrected chi connectivity index (χ3v) is 5.58. The Labute approximate surface area is 184 Å². The topological polar surface area (TPSA) is 89.4 Å². The number of aromatic nitrogens is 1. The van der Waals surface area contributed by atoms with E-state index in [2.05, 4.69) is 10.0 Å². The van der Waals surface area contributed by atoms with Crippen molar-refractivity contribution in [2.45, 2.75) is 6.92 Å². The van der Waals surface area contributed by atoms with E-state index in [1.165, 1.54) is 35.0 Å². The van der Waals surface area contributed by atoms with E-state index in [1.807, 2.05) is 0 Å². The monoisotopic (exact) mass is 461 g/mol. The van der Waals surface area contributed by atoms with Crippen molar-refractivity contribution in [1.82, 2.24) is 4.57 Å². The number of benzene rings is 2. The van der Waals surface area contributed by atoms with Crippen molar-refractivity contribution in [3.63, 3.8) is 0 Å². The molecule has 0 amide bonds. The number of halogens is 2. The summed E-state index contributed by atoms with van der Waals surface area (Å²) in [6.45, 7) is 1.57. The number of ether oxygens (including phenoxy) is 1. The predicted octanol–water partition coefficient (Wildman–Crippen LogP) is 4.44. The van der Waals surface area contributed by atoms with Gasteiger partial charge in [-0.2, -0.15) is 0 Å². The lowest BCUT2D eigenvalue weighted by atomic mass is 10.0. The summed E-state index contributed by atoms with van der Waals surface area (Å²) in [6.07, 6.45) is 2.92. The summed E-state index contributed by atoms with van der Waals surface area (Å²) in [5.74, 6) is -1.69. The first-order valence-electron chi connectivity index (χ1n) is 9.45. The van der Waals surface area contributed by atoms with E-state index in [9.17, 15) is 22.0 Å². The summed E-state index contributed by atoms with van der Waals surface area (Å²) in [6, 6.07) is 8.87. The maximum Gasteiger partial charge on any atom is 0.273 e. The molecule has 0 unspecified atom stereocenters. The first kappa shape index (κ1) is 23.0. The molecule has 0 aliphatic carbocycles. The van der Waals surface area contributed by atoms with Gasteiger partial charge in [-0.1, -0.05) is 6.08 Å². The van der Waals surface area contributed by atoms with Crippen LogP contribution in [-0.4, -0.2) is 20.0 Å². The zero-order valence-electron chi connectivity index (χ0n) is 17.5. The van der Waals surface area contributed by atoms with E-state index in [0.29, 0.717) is 22.9 Å². The molecule has 2 aromatic carbocycles. The van der Waals surface area contributed by atoms with E-state index in [-0.39, 0.29) is 22.7 Å². The first-order valence-corrected chi connectivity index (χ1v) is 11.0. The van der Waals surface area contributed by atoms with Gasteiger partial charge in [-0.05, 0) is 43.3 Å². The Morgan fingerprint density at radius 1 is 1.06 bits per heavy atom. The van der Waals surface area contributed by atoms with E-state index >= 15 is 0 Å². The van der Waals surface area contributed by atoms with Crippen LogP contribution in [0.5, 0.6) is 11.5 Å². The van der Waals surface area contributed by atoms with Crippen molar-refractivity contribution in [2.75, 3.05) is 17.1 Å². The lowest BCUT2D eigenvalue weighted by Gasteiger charge is -2.16. The summed E-state index contributed by atoms with van der Waals surface area (Å²) in [7, 11) is -0.583.